The summed E-state index contributed by atoms with van der Waals surface area (Å²) in [6.07, 6.45) is 1.40. The van der Waals surface area contributed by atoms with E-state index in [2.05, 4.69) is 25.5 Å². The highest BCUT2D eigenvalue weighted by Crippen LogP contribution is 2.13. The zero-order chi connectivity index (χ0) is 17.8. The molecule has 0 fully saturated rings. The number of rotatable bonds is 6. The molecule has 1 aromatic carbocycles. The number of halogens is 1. The number of hydrogen-bond donors (Lipinski definition) is 3. The van der Waals surface area contributed by atoms with Crippen LogP contribution >= 0.6 is 0 Å². The van der Waals surface area contributed by atoms with Gasteiger partial charge in [0.1, 0.15) is 5.82 Å². The largest absolute Gasteiger partial charge is 0.352 e. The van der Waals surface area contributed by atoms with E-state index in [-0.39, 0.29) is 11.4 Å². The Morgan fingerprint density at radius 2 is 2.04 bits per heavy atom. The Morgan fingerprint density at radius 1 is 1.20 bits per heavy atom. The van der Waals surface area contributed by atoms with Gasteiger partial charge >= 0.3 is 0 Å². The third-order valence-electron chi connectivity index (χ3n) is 4.06. The molecule has 3 rings (SSSR count). The van der Waals surface area contributed by atoms with Crippen molar-refractivity contribution < 1.29 is 4.39 Å². The third kappa shape index (κ3) is 4.32. The summed E-state index contributed by atoms with van der Waals surface area (Å²) in [4.78, 5) is 19.0. The molecule has 3 aromatic rings. The van der Waals surface area contributed by atoms with Crippen molar-refractivity contribution in [3.8, 4) is 0 Å². The van der Waals surface area contributed by atoms with Crippen molar-refractivity contribution in [2.24, 2.45) is 0 Å². The molecule has 0 amide bonds. The molecule has 0 bridgehead atoms. The van der Waals surface area contributed by atoms with Gasteiger partial charge in [0.05, 0.1) is 11.4 Å². The van der Waals surface area contributed by atoms with Gasteiger partial charge in [0, 0.05) is 18.3 Å². The molecule has 25 heavy (non-hydrogen) atoms. The van der Waals surface area contributed by atoms with E-state index < -0.39 is 0 Å². The van der Waals surface area contributed by atoms with Gasteiger partial charge in [-0.15, -0.1) is 0 Å². The zero-order valence-corrected chi connectivity index (χ0v) is 14.2. The molecule has 3 N–H and O–H groups in total. The second-order valence-corrected chi connectivity index (χ2v) is 5.98. The summed E-state index contributed by atoms with van der Waals surface area (Å²) in [5, 5.41) is 10.2. The van der Waals surface area contributed by atoms with E-state index in [9.17, 15) is 9.18 Å². The van der Waals surface area contributed by atoms with Gasteiger partial charge in [-0.1, -0.05) is 12.1 Å². The van der Waals surface area contributed by atoms with Gasteiger partial charge in [0.15, 0.2) is 0 Å². The number of aryl methyl sites for hydroxylation is 3. The fourth-order valence-corrected chi connectivity index (χ4v) is 2.75. The Kier molecular flexibility index (Phi) is 4.92. The van der Waals surface area contributed by atoms with Crippen LogP contribution in [-0.4, -0.2) is 20.2 Å². The number of benzene rings is 1. The first kappa shape index (κ1) is 16.9. The lowest BCUT2D eigenvalue weighted by Gasteiger charge is -2.08. The second kappa shape index (κ2) is 7.29. The van der Waals surface area contributed by atoms with Gasteiger partial charge in [-0.05, 0) is 49.9 Å². The SMILES string of the molecule is Cc1n[nH]c(C)c1CCc1cc(=O)[nH]c(NCc2cccc(F)c2)n1. The summed E-state index contributed by atoms with van der Waals surface area (Å²) >= 11 is 0. The second-order valence-electron chi connectivity index (χ2n) is 5.98. The van der Waals surface area contributed by atoms with Gasteiger partial charge in [0.2, 0.25) is 5.95 Å². The molecule has 2 heterocycles. The number of hydrogen-bond acceptors (Lipinski definition) is 4. The van der Waals surface area contributed by atoms with Gasteiger partial charge in [-0.25, -0.2) is 9.37 Å². The molecule has 6 nitrogen and oxygen atoms in total. The first-order valence-corrected chi connectivity index (χ1v) is 8.10. The summed E-state index contributed by atoms with van der Waals surface area (Å²) in [5.74, 6) is 0.0905. The number of anilines is 1. The highest BCUT2D eigenvalue weighted by atomic mass is 19.1. The Morgan fingerprint density at radius 3 is 2.76 bits per heavy atom. The van der Waals surface area contributed by atoms with Crippen molar-refractivity contribution in [1.29, 1.82) is 0 Å². The fraction of sp³-hybridized carbons (Fsp3) is 0.278. The average molecular weight is 341 g/mol. The molecule has 0 aliphatic rings. The fourth-order valence-electron chi connectivity index (χ4n) is 2.75. The van der Waals surface area contributed by atoms with E-state index in [1.807, 2.05) is 19.9 Å². The molecular weight excluding hydrogens is 321 g/mol. The molecule has 130 valence electrons. The van der Waals surface area contributed by atoms with Crippen molar-refractivity contribution >= 4 is 5.95 Å². The maximum absolute atomic E-state index is 13.2. The van der Waals surface area contributed by atoms with E-state index in [0.29, 0.717) is 24.6 Å². The van der Waals surface area contributed by atoms with E-state index in [1.54, 1.807) is 6.07 Å². The minimum Gasteiger partial charge on any atom is -0.352 e. The Balaban J connectivity index is 1.69. The highest BCUT2D eigenvalue weighted by Gasteiger charge is 2.08. The van der Waals surface area contributed by atoms with E-state index in [1.165, 1.54) is 18.2 Å². The Bertz CT molecular complexity index is 912. The summed E-state index contributed by atoms with van der Waals surface area (Å²) in [7, 11) is 0. The van der Waals surface area contributed by atoms with Crippen LogP contribution in [-0.2, 0) is 19.4 Å². The first-order chi connectivity index (χ1) is 12.0. The lowest BCUT2D eigenvalue weighted by Crippen LogP contribution is -2.14. The number of aromatic amines is 2. The van der Waals surface area contributed by atoms with Crippen molar-refractivity contribution in [3.63, 3.8) is 0 Å². The summed E-state index contributed by atoms with van der Waals surface area (Å²) in [5.41, 5.74) is 4.41. The summed E-state index contributed by atoms with van der Waals surface area (Å²) < 4.78 is 13.2. The molecule has 0 saturated carbocycles. The van der Waals surface area contributed by atoms with E-state index in [4.69, 9.17) is 0 Å². The van der Waals surface area contributed by atoms with Crippen molar-refractivity contribution in [1.82, 2.24) is 20.2 Å². The van der Waals surface area contributed by atoms with Crippen LogP contribution in [0.2, 0.25) is 0 Å². The number of H-pyrrole nitrogens is 2. The van der Waals surface area contributed by atoms with Crippen LogP contribution in [0.4, 0.5) is 10.3 Å². The van der Waals surface area contributed by atoms with Gasteiger partial charge in [-0.3, -0.25) is 14.9 Å². The standard InChI is InChI=1S/C18H20FN5O/c1-11-16(12(2)24-23-11)7-6-15-9-17(25)22-18(21-15)20-10-13-4-3-5-14(19)8-13/h3-5,8-9H,6-7,10H2,1-2H3,(H,23,24)(H2,20,21,22,25). The third-order valence-corrected chi connectivity index (χ3v) is 4.06. The summed E-state index contributed by atoms with van der Waals surface area (Å²) in [6, 6.07) is 7.79. The maximum Gasteiger partial charge on any atom is 0.252 e. The molecule has 0 unspecified atom stereocenters. The lowest BCUT2D eigenvalue weighted by molar-refractivity contribution is 0.626. The minimum absolute atomic E-state index is 0.215. The van der Waals surface area contributed by atoms with E-state index >= 15 is 0 Å². The van der Waals surface area contributed by atoms with E-state index in [0.717, 1.165) is 28.9 Å². The van der Waals surface area contributed by atoms with Crippen LogP contribution in [0.25, 0.3) is 0 Å². The van der Waals surface area contributed by atoms with Crippen LogP contribution < -0.4 is 10.9 Å². The molecule has 0 saturated heterocycles. The van der Waals surface area contributed by atoms with Crippen molar-refractivity contribution in [3.05, 3.63) is 74.7 Å². The van der Waals surface area contributed by atoms with Gasteiger partial charge in [-0.2, -0.15) is 5.10 Å². The molecular formula is C18H20FN5O. The Labute approximate surface area is 144 Å². The molecule has 0 aliphatic carbocycles. The molecule has 7 heteroatoms. The van der Waals surface area contributed by atoms with Crippen molar-refractivity contribution in [2.45, 2.75) is 33.2 Å². The van der Waals surface area contributed by atoms with Crippen molar-refractivity contribution in [2.75, 3.05) is 5.32 Å². The molecule has 0 radical (unpaired) electrons. The van der Waals surface area contributed by atoms with Crippen LogP contribution in [0.3, 0.4) is 0 Å². The maximum atomic E-state index is 13.2. The number of nitrogens with zero attached hydrogens (tertiary/aromatic N) is 2. The molecule has 0 spiro atoms. The van der Waals surface area contributed by atoms with Gasteiger partial charge in [0.25, 0.3) is 5.56 Å². The zero-order valence-electron chi connectivity index (χ0n) is 14.2. The molecule has 0 atom stereocenters. The van der Waals surface area contributed by atoms with Crippen LogP contribution in [0, 0.1) is 19.7 Å². The predicted molar refractivity (Wildman–Crippen MR) is 94.1 cm³/mol. The average Bonchev–Trinajstić information content (AvgIpc) is 2.89. The lowest BCUT2D eigenvalue weighted by atomic mass is 10.1. The van der Waals surface area contributed by atoms with Crippen LogP contribution in [0.5, 0.6) is 0 Å². The minimum atomic E-state index is -0.291. The topological polar surface area (TPSA) is 86.5 Å². The Hall–Kier alpha value is -2.96. The predicted octanol–water partition coefficient (Wildman–Crippen LogP) is 2.65. The van der Waals surface area contributed by atoms with Crippen LogP contribution in [0.1, 0.15) is 28.2 Å². The number of nitrogens with one attached hydrogen (secondary N) is 3. The molecule has 2 aromatic heterocycles. The first-order valence-electron chi connectivity index (χ1n) is 8.10. The monoisotopic (exact) mass is 341 g/mol. The smallest absolute Gasteiger partial charge is 0.252 e. The van der Waals surface area contributed by atoms with Gasteiger partial charge < -0.3 is 5.32 Å². The van der Waals surface area contributed by atoms with Crippen LogP contribution in [0.15, 0.2) is 35.1 Å². The normalized spacial score (nSPS) is 10.8. The number of aromatic nitrogens is 4. The summed E-state index contributed by atoms with van der Waals surface area (Å²) in [6.45, 7) is 4.31. The quantitative estimate of drug-likeness (QED) is 0.643. The molecule has 0 aliphatic heterocycles. The highest BCUT2D eigenvalue weighted by molar-refractivity contribution is 5.29.